The molecule has 1 aromatic rings. The molecule has 0 heterocycles. The molecule has 3 heteroatoms. The molecule has 0 aliphatic heterocycles. The molecule has 0 saturated heterocycles. The molecule has 1 rings (SSSR count). The number of amides is 1. The number of carbonyl (C=O) groups excluding carboxylic acids is 2. The molecule has 0 aliphatic rings. The Morgan fingerprint density at radius 3 is 2.41 bits per heavy atom. The van der Waals surface area contributed by atoms with Gasteiger partial charge in [0, 0.05) is 5.56 Å². The van der Waals surface area contributed by atoms with Crippen LogP contribution in [-0.2, 0) is 10.3 Å². The molecule has 0 atom stereocenters. The summed E-state index contributed by atoms with van der Waals surface area (Å²) in [4.78, 5) is 22.9. The van der Waals surface area contributed by atoms with Crippen LogP contribution in [0, 0.1) is 0 Å². The maximum atomic E-state index is 11.5. The molecule has 0 aromatic heterocycles. The fourth-order valence-electron chi connectivity index (χ4n) is 1.76. The summed E-state index contributed by atoms with van der Waals surface area (Å²) in [5.41, 5.74) is 0.831. The number of rotatable bonds is 4. The molecule has 1 amide bonds. The molecule has 0 spiro atoms. The zero-order valence-electron chi connectivity index (χ0n) is 10.4. The van der Waals surface area contributed by atoms with Gasteiger partial charge in [-0.25, -0.2) is 0 Å². The Morgan fingerprint density at radius 2 is 1.88 bits per heavy atom. The third kappa shape index (κ3) is 3.03. The average molecular weight is 231 g/mol. The fraction of sp³-hybridized carbons (Fsp3) is 0.286. The van der Waals surface area contributed by atoms with Crippen LogP contribution >= 0.6 is 0 Å². The zero-order valence-corrected chi connectivity index (χ0v) is 10.4. The third-order valence-corrected chi connectivity index (χ3v) is 2.60. The molecule has 17 heavy (non-hydrogen) atoms. The molecule has 90 valence electrons. The van der Waals surface area contributed by atoms with Crippen molar-refractivity contribution in [3.05, 3.63) is 48.0 Å². The molecule has 0 radical (unpaired) electrons. The lowest BCUT2D eigenvalue weighted by Crippen LogP contribution is -2.41. The van der Waals surface area contributed by atoms with Crippen LogP contribution in [0.1, 0.15) is 36.7 Å². The second-order valence-corrected chi connectivity index (χ2v) is 4.42. The second kappa shape index (κ2) is 4.95. The number of nitrogens with one attached hydrogen (secondary N) is 1. The van der Waals surface area contributed by atoms with E-state index in [1.165, 1.54) is 13.0 Å². The standard InChI is InChI=1S/C14H17NO2/c1-5-13(17)15-14(3,4)12-9-7-6-8-11(12)10(2)16/h5-9H,1H2,2-4H3,(H,15,17). The van der Waals surface area contributed by atoms with E-state index in [1.807, 2.05) is 32.0 Å². The third-order valence-electron chi connectivity index (χ3n) is 2.60. The van der Waals surface area contributed by atoms with Crippen molar-refractivity contribution in [2.75, 3.05) is 0 Å². The predicted molar refractivity (Wildman–Crippen MR) is 67.8 cm³/mol. The van der Waals surface area contributed by atoms with Gasteiger partial charge >= 0.3 is 0 Å². The molecule has 0 fully saturated rings. The van der Waals surface area contributed by atoms with Crippen molar-refractivity contribution in [1.29, 1.82) is 0 Å². The van der Waals surface area contributed by atoms with Gasteiger partial charge in [0.2, 0.25) is 5.91 Å². The largest absolute Gasteiger partial charge is 0.344 e. The number of benzene rings is 1. The number of hydrogen-bond donors (Lipinski definition) is 1. The van der Waals surface area contributed by atoms with Crippen LogP contribution in [0.3, 0.4) is 0 Å². The SMILES string of the molecule is C=CC(=O)NC(C)(C)c1ccccc1C(C)=O. The molecule has 0 saturated carbocycles. The summed E-state index contributed by atoms with van der Waals surface area (Å²) in [5, 5.41) is 2.81. The molecular weight excluding hydrogens is 214 g/mol. The lowest BCUT2D eigenvalue weighted by atomic mass is 9.88. The van der Waals surface area contributed by atoms with E-state index in [4.69, 9.17) is 0 Å². The second-order valence-electron chi connectivity index (χ2n) is 4.42. The fourth-order valence-corrected chi connectivity index (χ4v) is 1.76. The minimum atomic E-state index is -0.604. The van der Waals surface area contributed by atoms with Crippen molar-refractivity contribution < 1.29 is 9.59 Å². The maximum Gasteiger partial charge on any atom is 0.244 e. The van der Waals surface area contributed by atoms with E-state index in [1.54, 1.807) is 6.07 Å². The van der Waals surface area contributed by atoms with Crippen LogP contribution in [0.4, 0.5) is 0 Å². The summed E-state index contributed by atoms with van der Waals surface area (Å²) in [7, 11) is 0. The Morgan fingerprint density at radius 1 is 1.29 bits per heavy atom. The van der Waals surface area contributed by atoms with Gasteiger partial charge in [0.05, 0.1) is 5.54 Å². The summed E-state index contributed by atoms with van der Waals surface area (Å²) in [6.07, 6.45) is 1.22. The molecule has 0 aliphatic carbocycles. The van der Waals surface area contributed by atoms with E-state index in [0.717, 1.165) is 5.56 Å². The van der Waals surface area contributed by atoms with Crippen LogP contribution < -0.4 is 5.32 Å². The lowest BCUT2D eigenvalue weighted by molar-refractivity contribution is -0.118. The van der Waals surface area contributed by atoms with E-state index in [0.29, 0.717) is 5.56 Å². The summed E-state index contributed by atoms with van der Waals surface area (Å²) >= 11 is 0. The molecular formula is C14H17NO2. The van der Waals surface area contributed by atoms with Crippen molar-refractivity contribution in [3.8, 4) is 0 Å². The highest BCUT2D eigenvalue weighted by Crippen LogP contribution is 2.24. The lowest BCUT2D eigenvalue weighted by Gasteiger charge is -2.28. The Balaban J connectivity index is 3.18. The van der Waals surface area contributed by atoms with Gasteiger partial charge in [-0.2, -0.15) is 0 Å². The van der Waals surface area contributed by atoms with Gasteiger partial charge in [-0.15, -0.1) is 0 Å². The van der Waals surface area contributed by atoms with Gasteiger partial charge in [0.15, 0.2) is 5.78 Å². The highest BCUT2D eigenvalue weighted by atomic mass is 16.1. The van der Waals surface area contributed by atoms with Gasteiger partial charge in [-0.3, -0.25) is 9.59 Å². The minimum absolute atomic E-state index is 0.0125. The van der Waals surface area contributed by atoms with Crippen molar-refractivity contribution >= 4 is 11.7 Å². The zero-order chi connectivity index (χ0) is 13.1. The normalized spacial score (nSPS) is 10.8. The number of carbonyl (C=O) groups is 2. The summed E-state index contributed by atoms with van der Waals surface area (Å²) < 4.78 is 0. The maximum absolute atomic E-state index is 11.5. The van der Waals surface area contributed by atoms with E-state index in [-0.39, 0.29) is 11.7 Å². The van der Waals surface area contributed by atoms with Gasteiger partial charge in [-0.1, -0.05) is 30.8 Å². The van der Waals surface area contributed by atoms with Crippen molar-refractivity contribution in [3.63, 3.8) is 0 Å². The van der Waals surface area contributed by atoms with Gasteiger partial charge in [0.1, 0.15) is 0 Å². The summed E-state index contributed by atoms with van der Waals surface area (Å²) in [5.74, 6) is -0.269. The number of hydrogen-bond acceptors (Lipinski definition) is 2. The first-order valence-electron chi connectivity index (χ1n) is 5.43. The van der Waals surface area contributed by atoms with Crippen LogP contribution in [0.2, 0.25) is 0 Å². The Hall–Kier alpha value is -1.90. The van der Waals surface area contributed by atoms with E-state index < -0.39 is 5.54 Å². The first-order chi connectivity index (χ1) is 7.88. The Kier molecular flexibility index (Phi) is 3.84. The molecule has 3 nitrogen and oxygen atoms in total. The number of Topliss-reactive ketones (excluding diaryl/α,β-unsaturated/α-hetero) is 1. The monoisotopic (exact) mass is 231 g/mol. The molecule has 0 bridgehead atoms. The first-order valence-corrected chi connectivity index (χ1v) is 5.43. The molecule has 1 aromatic carbocycles. The Labute approximate surface area is 102 Å². The molecule has 1 N–H and O–H groups in total. The summed E-state index contributed by atoms with van der Waals surface area (Å²) in [6.45, 7) is 8.65. The van der Waals surface area contributed by atoms with Gasteiger partial charge < -0.3 is 5.32 Å². The summed E-state index contributed by atoms with van der Waals surface area (Å²) in [6, 6.07) is 7.27. The molecule has 0 unspecified atom stereocenters. The van der Waals surface area contributed by atoms with Crippen LogP contribution in [0.15, 0.2) is 36.9 Å². The highest BCUT2D eigenvalue weighted by molar-refractivity contribution is 5.96. The van der Waals surface area contributed by atoms with Crippen LogP contribution in [0.5, 0.6) is 0 Å². The van der Waals surface area contributed by atoms with Crippen LogP contribution in [-0.4, -0.2) is 11.7 Å². The topological polar surface area (TPSA) is 46.2 Å². The van der Waals surface area contributed by atoms with Crippen molar-refractivity contribution in [2.24, 2.45) is 0 Å². The van der Waals surface area contributed by atoms with Crippen LogP contribution in [0.25, 0.3) is 0 Å². The van der Waals surface area contributed by atoms with E-state index in [9.17, 15) is 9.59 Å². The van der Waals surface area contributed by atoms with Crippen molar-refractivity contribution in [2.45, 2.75) is 26.3 Å². The smallest absolute Gasteiger partial charge is 0.244 e. The van der Waals surface area contributed by atoms with E-state index in [2.05, 4.69) is 11.9 Å². The Bertz CT molecular complexity index is 461. The highest BCUT2D eigenvalue weighted by Gasteiger charge is 2.25. The minimum Gasteiger partial charge on any atom is -0.344 e. The predicted octanol–water partition coefficient (Wildman–Crippen LogP) is 2.43. The average Bonchev–Trinajstić information content (AvgIpc) is 2.28. The quantitative estimate of drug-likeness (QED) is 0.639. The van der Waals surface area contributed by atoms with Gasteiger partial charge in [0.25, 0.3) is 0 Å². The van der Waals surface area contributed by atoms with E-state index >= 15 is 0 Å². The first kappa shape index (κ1) is 13.2. The number of ketones is 1. The van der Waals surface area contributed by atoms with Crippen molar-refractivity contribution in [1.82, 2.24) is 5.32 Å². The van der Waals surface area contributed by atoms with Gasteiger partial charge in [-0.05, 0) is 32.4 Å².